The monoisotopic (exact) mass is 148 g/mol. The molecule has 0 atom stereocenters. The maximum Gasteiger partial charge on any atom is 1.00 e. The Hall–Kier alpha value is 0.516. The molecule has 0 saturated heterocycles. The Morgan fingerprint density at radius 3 is 1.25 bits per heavy atom. The summed E-state index contributed by atoms with van der Waals surface area (Å²) in [4.78, 5) is 0. The van der Waals surface area contributed by atoms with E-state index >= 15 is 0 Å². The molecule has 0 unspecified atom stereocenters. The van der Waals surface area contributed by atoms with E-state index in [-0.39, 0.29) is 33.8 Å². The Morgan fingerprint density at radius 1 is 1.25 bits per heavy atom. The summed E-state index contributed by atoms with van der Waals surface area (Å²) in [5.74, 6) is 0. The first-order chi connectivity index (χ1) is 1.00. The van der Waals surface area contributed by atoms with Gasteiger partial charge in [-0.15, -0.1) is 0 Å². The Morgan fingerprint density at radius 2 is 1.25 bits per heavy atom. The van der Waals surface area contributed by atoms with E-state index in [1.807, 2.05) is 0 Å². The van der Waals surface area contributed by atoms with Gasteiger partial charge in [0, 0.05) is 16.8 Å². The zero-order chi connectivity index (χ0) is 2.00. The molecule has 0 saturated carbocycles. The van der Waals surface area contributed by atoms with Gasteiger partial charge >= 0.3 is 17.1 Å². The van der Waals surface area contributed by atoms with Crippen LogP contribution in [0.5, 0.6) is 0 Å². The van der Waals surface area contributed by atoms with Crippen molar-refractivity contribution in [2.24, 2.45) is 0 Å². The van der Waals surface area contributed by atoms with Gasteiger partial charge in [-0.2, -0.15) is 0 Å². The third-order valence-corrected chi connectivity index (χ3v) is 0. The van der Waals surface area contributed by atoms with Gasteiger partial charge in [0.25, 0.3) is 0 Å². The number of hydrogen-bond acceptors (Lipinski definition) is 1. The maximum absolute atomic E-state index is 6.25. The molecule has 0 aliphatic carbocycles. The molecule has 29 valence electrons. The minimum atomic E-state index is 0. The average Bonchev–Trinajstić information content (AvgIpc) is 1.00. The van der Waals surface area contributed by atoms with Crippen molar-refractivity contribution in [2.45, 2.75) is 0 Å². The molecule has 0 spiro atoms. The van der Waals surface area contributed by atoms with E-state index in [2.05, 4.69) is 0 Å². The molecular formula is CCoCuN. The van der Waals surface area contributed by atoms with Crippen molar-refractivity contribution in [3.8, 4) is 0 Å². The first-order valence-corrected chi connectivity index (χ1v) is 0.224. The topological polar surface area (TPSA) is 23.8 Å². The van der Waals surface area contributed by atoms with Crippen molar-refractivity contribution in [3.63, 3.8) is 0 Å². The van der Waals surface area contributed by atoms with Crippen LogP contribution in [-0.2, 0) is 33.8 Å². The van der Waals surface area contributed by atoms with Crippen LogP contribution in [0, 0.1) is 11.8 Å². The largest absolute Gasteiger partial charge is 1.00 e. The molecule has 0 aromatic heterocycles. The Labute approximate surface area is 46.0 Å². The fraction of sp³-hybridized carbons (Fsp3) is 0. The van der Waals surface area contributed by atoms with Gasteiger partial charge in [-0.05, 0) is 0 Å². The third-order valence-electron chi connectivity index (χ3n) is 0. The normalized spacial score (nSPS) is 0.500. The number of nitrogens with zero attached hydrogens (tertiary/aromatic N) is 1. The predicted molar refractivity (Wildman–Crippen MR) is 4.97 cm³/mol. The fourth-order valence-electron chi connectivity index (χ4n) is 0. The molecule has 1 nitrogen and oxygen atoms in total. The van der Waals surface area contributed by atoms with Gasteiger partial charge in [0.1, 0.15) is 0 Å². The van der Waals surface area contributed by atoms with E-state index in [0.717, 1.165) is 0 Å². The molecule has 0 fully saturated rings. The van der Waals surface area contributed by atoms with Crippen LogP contribution in [0.4, 0.5) is 0 Å². The summed E-state index contributed by atoms with van der Waals surface area (Å²) < 4.78 is 0. The van der Waals surface area contributed by atoms with E-state index in [1.165, 1.54) is 0 Å². The molecule has 0 aliphatic rings. The average molecular weight is 148 g/mol. The van der Waals surface area contributed by atoms with Gasteiger partial charge in [0.05, 0.1) is 0 Å². The fourth-order valence-corrected chi connectivity index (χ4v) is 0. The van der Waals surface area contributed by atoms with Crippen LogP contribution in [0.3, 0.4) is 0 Å². The quantitative estimate of drug-likeness (QED) is 0.353. The second-order valence-corrected chi connectivity index (χ2v) is 0. The zero-order valence-corrected chi connectivity index (χ0v) is 3.56. The van der Waals surface area contributed by atoms with Gasteiger partial charge < -0.3 is 11.8 Å². The van der Waals surface area contributed by atoms with E-state index < -0.39 is 0 Å². The molecule has 1 radical (unpaired) electrons. The smallest absolute Gasteiger partial charge is 0.512 e. The van der Waals surface area contributed by atoms with Gasteiger partial charge in [0.2, 0.25) is 0 Å². The van der Waals surface area contributed by atoms with Crippen molar-refractivity contribution >= 4 is 0 Å². The molecule has 3 heteroatoms. The van der Waals surface area contributed by atoms with Crippen LogP contribution < -0.4 is 0 Å². The summed E-state index contributed by atoms with van der Waals surface area (Å²) in [5, 5.41) is 6.25. The summed E-state index contributed by atoms with van der Waals surface area (Å²) in [7, 11) is 0. The van der Waals surface area contributed by atoms with Gasteiger partial charge in [0.15, 0.2) is 0 Å². The molecule has 0 rings (SSSR count). The van der Waals surface area contributed by atoms with Crippen molar-refractivity contribution < 1.29 is 33.8 Å². The van der Waals surface area contributed by atoms with Gasteiger partial charge in [-0.3, -0.25) is 0 Å². The third kappa shape index (κ3) is 21.7. The van der Waals surface area contributed by atoms with Crippen LogP contribution in [0.15, 0.2) is 0 Å². The van der Waals surface area contributed by atoms with Crippen molar-refractivity contribution in [2.75, 3.05) is 0 Å². The molecular weight excluding hydrogens is 148 g/mol. The van der Waals surface area contributed by atoms with Gasteiger partial charge in [-0.25, -0.2) is 0 Å². The van der Waals surface area contributed by atoms with Crippen LogP contribution in [0.1, 0.15) is 0 Å². The van der Waals surface area contributed by atoms with Crippen molar-refractivity contribution in [1.82, 2.24) is 0 Å². The predicted octanol–water partition coefficient (Wildman–Crippen LogP) is 0.0914. The van der Waals surface area contributed by atoms with E-state index in [1.54, 1.807) is 0 Å². The molecule has 0 amide bonds. The summed E-state index contributed by atoms with van der Waals surface area (Å²) in [5.41, 5.74) is 0. The standard InChI is InChI=1S/CN.Co.Cu/c1-2;;/q-1;;+1. The SMILES string of the molecule is [C-]#N.[Co].[Cu+]. The van der Waals surface area contributed by atoms with E-state index in [4.69, 9.17) is 11.8 Å². The second kappa shape index (κ2) is 83.6. The Balaban J connectivity index is -0.00000000500. The van der Waals surface area contributed by atoms with Crippen LogP contribution in [-0.4, -0.2) is 0 Å². The second-order valence-electron chi connectivity index (χ2n) is 0. The Bertz CT molecular complexity index is 12.8. The summed E-state index contributed by atoms with van der Waals surface area (Å²) in [6.45, 7) is 4.75. The number of hydrogen-bond donors (Lipinski definition) is 0. The van der Waals surface area contributed by atoms with E-state index in [0.29, 0.717) is 0 Å². The van der Waals surface area contributed by atoms with Crippen molar-refractivity contribution in [1.29, 1.82) is 5.26 Å². The number of rotatable bonds is 0. The van der Waals surface area contributed by atoms with Crippen LogP contribution in [0.25, 0.3) is 0 Å². The minimum absolute atomic E-state index is 0. The molecule has 0 bridgehead atoms. The van der Waals surface area contributed by atoms with Crippen LogP contribution in [0.2, 0.25) is 0 Å². The minimum Gasteiger partial charge on any atom is -0.512 e. The molecule has 0 heterocycles. The molecule has 0 aromatic rings. The molecule has 0 aromatic carbocycles. The Kier molecular flexibility index (Phi) is 508. The maximum atomic E-state index is 6.25. The summed E-state index contributed by atoms with van der Waals surface area (Å²) in [6.07, 6.45) is 0. The van der Waals surface area contributed by atoms with E-state index in [9.17, 15) is 0 Å². The molecule has 4 heavy (non-hydrogen) atoms. The van der Waals surface area contributed by atoms with Gasteiger partial charge in [-0.1, -0.05) is 0 Å². The van der Waals surface area contributed by atoms with Crippen LogP contribution >= 0.6 is 0 Å². The molecule has 0 aliphatic heterocycles. The summed E-state index contributed by atoms with van der Waals surface area (Å²) in [6, 6.07) is 0. The molecule has 0 N–H and O–H groups in total. The zero-order valence-electron chi connectivity index (χ0n) is 1.58. The summed E-state index contributed by atoms with van der Waals surface area (Å²) >= 11 is 0. The first kappa shape index (κ1) is 24.3. The first-order valence-electron chi connectivity index (χ1n) is 0.224. The van der Waals surface area contributed by atoms with Crippen molar-refractivity contribution in [3.05, 3.63) is 6.57 Å².